The molecule has 0 saturated heterocycles. The SMILES string of the molecule is CC(=O)/C=C(/C)c1ccncc1. The molecule has 0 radical (unpaired) electrons. The second-order valence-electron chi connectivity index (χ2n) is 2.67. The lowest BCUT2D eigenvalue weighted by Gasteiger charge is -1.97. The van der Waals surface area contributed by atoms with E-state index in [0.717, 1.165) is 11.1 Å². The highest BCUT2D eigenvalue weighted by atomic mass is 16.1. The summed E-state index contributed by atoms with van der Waals surface area (Å²) in [7, 11) is 0. The summed E-state index contributed by atoms with van der Waals surface area (Å²) < 4.78 is 0. The van der Waals surface area contributed by atoms with Crippen molar-refractivity contribution in [3.05, 3.63) is 36.2 Å². The van der Waals surface area contributed by atoms with E-state index in [0.29, 0.717) is 0 Å². The molecular formula is C10H11NO. The van der Waals surface area contributed by atoms with Crippen LogP contribution < -0.4 is 0 Å². The topological polar surface area (TPSA) is 30.0 Å². The second-order valence-corrected chi connectivity index (χ2v) is 2.67. The van der Waals surface area contributed by atoms with E-state index < -0.39 is 0 Å². The smallest absolute Gasteiger partial charge is 0.152 e. The number of hydrogen-bond acceptors (Lipinski definition) is 2. The first-order valence-corrected chi connectivity index (χ1v) is 3.79. The molecule has 0 unspecified atom stereocenters. The van der Waals surface area contributed by atoms with Crippen LogP contribution in [0.25, 0.3) is 5.57 Å². The second kappa shape index (κ2) is 3.81. The molecule has 1 heterocycles. The summed E-state index contributed by atoms with van der Waals surface area (Å²) in [5.41, 5.74) is 2.02. The van der Waals surface area contributed by atoms with Gasteiger partial charge in [0, 0.05) is 12.4 Å². The average molecular weight is 161 g/mol. The van der Waals surface area contributed by atoms with Gasteiger partial charge in [0.1, 0.15) is 0 Å². The summed E-state index contributed by atoms with van der Waals surface area (Å²) in [6, 6.07) is 3.77. The molecule has 0 aliphatic rings. The number of rotatable bonds is 2. The fourth-order valence-electron chi connectivity index (χ4n) is 1.00. The van der Waals surface area contributed by atoms with Gasteiger partial charge in [0.25, 0.3) is 0 Å². The molecule has 0 atom stereocenters. The highest BCUT2D eigenvalue weighted by Crippen LogP contribution is 2.11. The van der Waals surface area contributed by atoms with Gasteiger partial charge >= 0.3 is 0 Å². The van der Waals surface area contributed by atoms with E-state index >= 15 is 0 Å². The Morgan fingerprint density at radius 2 is 1.92 bits per heavy atom. The van der Waals surface area contributed by atoms with Crippen molar-refractivity contribution in [2.75, 3.05) is 0 Å². The Morgan fingerprint density at radius 3 is 2.42 bits per heavy atom. The normalized spacial score (nSPS) is 11.3. The molecule has 0 bridgehead atoms. The van der Waals surface area contributed by atoms with E-state index in [4.69, 9.17) is 0 Å². The Hall–Kier alpha value is -1.44. The van der Waals surface area contributed by atoms with Gasteiger partial charge in [-0.15, -0.1) is 0 Å². The third-order valence-electron chi connectivity index (χ3n) is 1.56. The monoisotopic (exact) mass is 161 g/mol. The molecule has 62 valence electrons. The van der Waals surface area contributed by atoms with Crippen molar-refractivity contribution in [1.29, 1.82) is 0 Å². The Balaban J connectivity index is 2.93. The highest BCUT2D eigenvalue weighted by Gasteiger charge is 1.94. The molecule has 0 N–H and O–H groups in total. The number of ketones is 1. The number of nitrogens with zero attached hydrogens (tertiary/aromatic N) is 1. The number of hydrogen-bond donors (Lipinski definition) is 0. The zero-order valence-corrected chi connectivity index (χ0v) is 7.24. The van der Waals surface area contributed by atoms with Crippen LogP contribution in [0.15, 0.2) is 30.6 Å². The standard InChI is InChI=1S/C10H11NO/c1-8(7-9(2)12)10-3-5-11-6-4-10/h3-7H,1-2H3/b8-7-. The number of carbonyl (C=O) groups excluding carboxylic acids is 1. The predicted molar refractivity (Wildman–Crippen MR) is 48.6 cm³/mol. The van der Waals surface area contributed by atoms with Crippen molar-refractivity contribution in [2.24, 2.45) is 0 Å². The van der Waals surface area contributed by atoms with Gasteiger partial charge in [0.15, 0.2) is 5.78 Å². The minimum Gasteiger partial charge on any atom is -0.295 e. The number of aromatic nitrogens is 1. The first-order chi connectivity index (χ1) is 5.70. The average Bonchev–Trinajstić information content (AvgIpc) is 2.05. The van der Waals surface area contributed by atoms with Crippen molar-refractivity contribution >= 4 is 11.4 Å². The van der Waals surface area contributed by atoms with E-state index in [2.05, 4.69) is 4.98 Å². The third-order valence-corrected chi connectivity index (χ3v) is 1.56. The summed E-state index contributed by atoms with van der Waals surface area (Å²) >= 11 is 0. The quantitative estimate of drug-likeness (QED) is 0.621. The van der Waals surface area contributed by atoms with Crippen molar-refractivity contribution in [1.82, 2.24) is 4.98 Å². The molecule has 1 aromatic rings. The van der Waals surface area contributed by atoms with Crippen LogP contribution in [0.2, 0.25) is 0 Å². The van der Waals surface area contributed by atoms with Crippen molar-refractivity contribution in [3.63, 3.8) is 0 Å². The van der Waals surface area contributed by atoms with Gasteiger partial charge in [-0.1, -0.05) is 0 Å². The van der Waals surface area contributed by atoms with Gasteiger partial charge in [-0.3, -0.25) is 9.78 Å². The molecule has 2 nitrogen and oxygen atoms in total. The minimum absolute atomic E-state index is 0.0734. The largest absolute Gasteiger partial charge is 0.295 e. The predicted octanol–water partition coefficient (Wildman–Crippen LogP) is 2.07. The van der Waals surface area contributed by atoms with Gasteiger partial charge < -0.3 is 0 Å². The highest BCUT2D eigenvalue weighted by molar-refractivity contribution is 5.94. The van der Waals surface area contributed by atoms with Crippen LogP contribution in [0.4, 0.5) is 0 Å². The van der Waals surface area contributed by atoms with E-state index in [9.17, 15) is 4.79 Å². The molecule has 1 rings (SSSR count). The molecule has 12 heavy (non-hydrogen) atoms. The lowest BCUT2D eigenvalue weighted by Crippen LogP contribution is -1.86. The molecule has 0 fully saturated rings. The molecule has 0 spiro atoms. The fourth-order valence-corrected chi connectivity index (χ4v) is 1.00. The first kappa shape index (κ1) is 8.65. The van der Waals surface area contributed by atoms with Crippen LogP contribution in [0, 0.1) is 0 Å². The maximum atomic E-state index is 10.7. The van der Waals surface area contributed by atoms with Gasteiger partial charge in [-0.2, -0.15) is 0 Å². The maximum Gasteiger partial charge on any atom is 0.152 e. The lowest BCUT2D eigenvalue weighted by atomic mass is 10.1. The fraction of sp³-hybridized carbons (Fsp3) is 0.200. The zero-order valence-electron chi connectivity index (χ0n) is 7.24. The summed E-state index contributed by atoms with van der Waals surface area (Å²) in [4.78, 5) is 14.6. The lowest BCUT2D eigenvalue weighted by molar-refractivity contribution is -0.112. The molecule has 0 aliphatic heterocycles. The Morgan fingerprint density at radius 1 is 1.33 bits per heavy atom. The van der Waals surface area contributed by atoms with Crippen LogP contribution >= 0.6 is 0 Å². The molecule has 0 aliphatic carbocycles. The van der Waals surface area contributed by atoms with Crippen molar-refractivity contribution in [2.45, 2.75) is 13.8 Å². The summed E-state index contributed by atoms with van der Waals surface area (Å²) in [6.07, 6.45) is 5.05. The Bertz CT molecular complexity index is 301. The van der Waals surface area contributed by atoms with E-state index in [1.165, 1.54) is 0 Å². The van der Waals surface area contributed by atoms with Crippen LogP contribution in [-0.2, 0) is 4.79 Å². The molecule has 0 saturated carbocycles. The summed E-state index contributed by atoms with van der Waals surface area (Å²) in [6.45, 7) is 3.46. The van der Waals surface area contributed by atoms with E-state index in [1.807, 2.05) is 19.1 Å². The molecule has 0 amide bonds. The van der Waals surface area contributed by atoms with Crippen LogP contribution in [-0.4, -0.2) is 10.8 Å². The molecule has 0 aromatic carbocycles. The van der Waals surface area contributed by atoms with Crippen molar-refractivity contribution in [3.8, 4) is 0 Å². The van der Waals surface area contributed by atoms with Crippen LogP contribution in [0.3, 0.4) is 0 Å². The molecule has 2 heteroatoms. The van der Waals surface area contributed by atoms with Crippen LogP contribution in [0.1, 0.15) is 19.4 Å². The minimum atomic E-state index is 0.0734. The summed E-state index contributed by atoms with van der Waals surface area (Å²) in [5.74, 6) is 0.0734. The molecular weight excluding hydrogens is 150 g/mol. The molecule has 1 aromatic heterocycles. The number of allylic oxidation sites excluding steroid dienone is 2. The number of pyridine rings is 1. The number of carbonyl (C=O) groups is 1. The maximum absolute atomic E-state index is 10.7. The van der Waals surface area contributed by atoms with Crippen molar-refractivity contribution < 1.29 is 4.79 Å². The van der Waals surface area contributed by atoms with Gasteiger partial charge in [0.05, 0.1) is 0 Å². The zero-order chi connectivity index (χ0) is 8.97. The van der Waals surface area contributed by atoms with Gasteiger partial charge in [-0.05, 0) is 43.2 Å². The Kier molecular flexibility index (Phi) is 2.75. The van der Waals surface area contributed by atoms with E-state index in [-0.39, 0.29) is 5.78 Å². The van der Waals surface area contributed by atoms with Gasteiger partial charge in [0.2, 0.25) is 0 Å². The third kappa shape index (κ3) is 2.31. The first-order valence-electron chi connectivity index (χ1n) is 3.79. The van der Waals surface area contributed by atoms with Crippen LogP contribution in [0.5, 0.6) is 0 Å². The summed E-state index contributed by atoms with van der Waals surface area (Å²) in [5, 5.41) is 0. The Labute approximate surface area is 71.9 Å². The van der Waals surface area contributed by atoms with Gasteiger partial charge in [-0.25, -0.2) is 0 Å². The van der Waals surface area contributed by atoms with E-state index in [1.54, 1.807) is 25.4 Å².